The van der Waals surface area contributed by atoms with Gasteiger partial charge in [0.15, 0.2) is 0 Å². The van der Waals surface area contributed by atoms with Crippen LogP contribution >= 0.6 is 0 Å². The molecule has 2 nitrogen and oxygen atoms in total. The predicted molar refractivity (Wildman–Crippen MR) is 76.9 cm³/mol. The van der Waals surface area contributed by atoms with E-state index in [1.807, 2.05) is 0 Å². The van der Waals surface area contributed by atoms with Crippen LogP contribution in [0.1, 0.15) is 72.1 Å². The molecular formula is C16H31NO. The van der Waals surface area contributed by atoms with Crippen molar-refractivity contribution in [3.05, 3.63) is 0 Å². The van der Waals surface area contributed by atoms with Crippen molar-refractivity contribution in [2.75, 3.05) is 13.2 Å². The third-order valence-electron chi connectivity index (χ3n) is 4.28. The fourth-order valence-corrected chi connectivity index (χ4v) is 2.75. The zero-order valence-corrected chi connectivity index (χ0v) is 12.6. The van der Waals surface area contributed by atoms with Gasteiger partial charge in [-0.2, -0.15) is 0 Å². The SMILES string of the molecule is CC(C)(C)NCC1(OCC2CC2)CCCCCC1. The maximum atomic E-state index is 6.41. The molecule has 0 aromatic carbocycles. The Morgan fingerprint density at radius 3 is 2.17 bits per heavy atom. The van der Waals surface area contributed by atoms with E-state index in [4.69, 9.17) is 4.74 Å². The Hall–Kier alpha value is -0.0800. The molecule has 0 heterocycles. The molecule has 0 aromatic rings. The van der Waals surface area contributed by atoms with Crippen molar-refractivity contribution in [2.45, 2.75) is 83.3 Å². The third kappa shape index (κ3) is 4.89. The van der Waals surface area contributed by atoms with Gasteiger partial charge in [0.25, 0.3) is 0 Å². The van der Waals surface area contributed by atoms with Crippen molar-refractivity contribution in [1.82, 2.24) is 5.32 Å². The molecule has 1 N–H and O–H groups in total. The lowest BCUT2D eigenvalue weighted by atomic mass is 9.92. The zero-order valence-electron chi connectivity index (χ0n) is 12.6. The molecule has 2 saturated carbocycles. The van der Waals surface area contributed by atoms with Crippen LogP contribution in [0.5, 0.6) is 0 Å². The van der Waals surface area contributed by atoms with Crippen LogP contribution in [0.4, 0.5) is 0 Å². The van der Waals surface area contributed by atoms with Gasteiger partial charge in [0, 0.05) is 12.1 Å². The molecule has 0 aromatic heterocycles. The van der Waals surface area contributed by atoms with Crippen LogP contribution in [-0.2, 0) is 4.74 Å². The van der Waals surface area contributed by atoms with Crippen molar-refractivity contribution in [3.8, 4) is 0 Å². The Morgan fingerprint density at radius 1 is 1.06 bits per heavy atom. The molecule has 2 rings (SSSR count). The highest BCUT2D eigenvalue weighted by Crippen LogP contribution is 2.35. The van der Waals surface area contributed by atoms with Gasteiger partial charge in [-0.25, -0.2) is 0 Å². The molecule has 2 aliphatic carbocycles. The second kappa shape index (κ2) is 5.92. The average molecular weight is 253 g/mol. The van der Waals surface area contributed by atoms with Crippen molar-refractivity contribution >= 4 is 0 Å². The van der Waals surface area contributed by atoms with E-state index in [9.17, 15) is 0 Å². The predicted octanol–water partition coefficient (Wildman–Crippen LogP) is 3.89. The maximum Gasteiger partial charge on any atom is 0.0806 e. The average Bonchev–Trinajstić information content (AvgIpc) is 3.11. The van der Waals surface area contributed by atoms with Gasteiger partial charge in [-0.3, -0.25) is 0 Å². The fourth-order valence-electron chi connectivity index (χ4n) is 2.75. The Kier molecular flexibility index (Phi) is 4.71. The zero-order chi connectivity index (χ0) is 13.1. The molecule has 0 aliphatic heterocycles. The van der Waals surface area contributed by atoms with Gasteiger partial charge in [-0.05, 0) is 52.4 Å². The molecular weight excluding hydrogens is 222 g/mol. The molecule has 106 valence electrons. The molecule has 18 heavy (non-hydrogen) atoms. The molecule has 0 saturated heterocycles. The van der Waals surface area contributed by atoms with Crippen LogP contribution in [0.25, 0.3) is 0 Å². The van der Waals surface area contributed by atoms with Gasteiger partial charge in [-0.1, -0.05) is 25.7 Å². The monoisotopic (exact) mass is 253 g/mol. The molecule has 2 heteroatoms. The molecule has 0 radical (unpaired) electrons. The summed E-state index contributed by atoms with van der Waals surface area (Å²) in [7, 11) is 0. The van der Waals surface area contributed by atoms with Crippen molar-refractivity contribution in [2.24, 2.45) is 5.92 Å². The first-order valence-corrected chi connectivity index (χ1v) is 7.88. The summed E-state index contributed by atoms with van der Waals surface area (Å²) in [5.41, 5.74) is 0.328. The minimum Gasteiger partial charge on any atom is -0.373 e. The van der Waals surface area contributed by atoms with Crippen molar-refractivity contribution in [1.29, 1.82) is 0 Å². The lowest BCUT2D eigenvalue weighted by Gasteiger charge is -2.36. The number of rotatable bonds is 5. The topological polar surface area (TPSA) is 21.3 Å². The van der Waals surface area contributed by atoms with E-state index in [2.05, 4.69) is 26.1 Å². The van der Waals surface area contributed by atoms with Crippen LogP contribution in [0.3, 0.4) is 0 Å². The number of hydrogen-bond acceptors (Lipinski definition) is 2. The lowest BCUT2D eigenvalue weighted by molar-refractivity contribution is -0.0625. The van der Waals surface area contributed by atoms with Crippen LogP contribution < -0.4 is 5.32 Å². The summed E-state index contributed by atoms with van der Waals surface area (Å²) in [6.07, 6.45) is 10.8. The Balaban J connectivity index is 1.90. The standard InChI is InChI=1S/C16H31NO/c1-15(2,3)17-13-16(18-12-14-8-9-14)10-6-4-5-7-11-16/h14,17H,4-13H2,1-3H3. The molecule has 0 spiro atoms. The minimum atomic E-state index is 0.131. The summed E-state index contributed by atoms with van der Waals surface area (Å²) in [5, 5.41) is 3.68. The molecule has 0 amide bonds. The molecule has 0 atom stereocenters. The number of hydrogen-bond donors (Lipinski definition) is 1. The summed E-state index contributed by atoms with van der Waals surface area (Å²) in [6, 6.07) is 0. The second-order valence-electron chi connectivity index (χ2n) is 7.46. The Bertz CT molecular complexity index is 244. The molecule has 2 aliphatic rings. The Labute approximate surface area is 113 Å². The summed E-state index contributed by atoms with van der Waals surface area (Å²) >= 11 is 0. The van der Waals surface area contributed by atoms with Gasteiger partial charge >= 0.3 is 0 Å². The van der Waals surface area contributed by atoms with E-state index < -0.39 is 0 Å². The van der Waals surface area contributed by atoms with E-state index in [-0.39, 0.29) is 11.1 Å². The fraction of sp³-hybridized carbons (Fsp3) is 1.00. The van der Waals surface area contributed by atoms with E-state index >= 15 is 0 Å². The van der Waals surface area contributed by atoms with E-state index in [1.165, 1.54) is 51.4 Å². The second-order valence-corrected chi connectivity index (χ2v) is 7.46. The normalized spacial score (nSPS) is 24.8. The quantitative estimate of drug-likeness (QED) is 0.750. The number of ether oxygens (including phenoxy) is 1. The lowest BCUT2D eigenvalue weighted by Crippen LogP contribution is -2.49. The van der Waals surface area contributed by atoms with Crippen LogP contribution in [0, 0.1) is 5.92 Å². The summed E-state index contributed by atoms with van der Waals surface area (Å²) < 4.78 is 6.41. The van der Waals surface area contributed by atoms with Gasteiger partial charge in [-0.15, -0.1) is 0 Å². The van der Waals surface area contributed by atoms with E-state index in [1.54, 1.807) is 0 Å². The summed E-state index contributed by atoms with van der Waals surface area (Å²) in [6.45, 7) is 8.78. The first-order chi connectivity index (χ1) is 8.49. The summed E-state index contributed by atoms with van der Waals surface area (Å²) in [4.78, 5) is 0. The molecule has 2 fully saturated rings. The van der Waals surface area contributed by atoms with Crippen molar-refractivity contribution < 1.29 is 4.74 Å². The van der Waals surface area contributed by atoms with Gasteiger partial charge < -0.3 is 10.1 Å². The highest BCUT2D eigenvalue weighted by molar-refractivity contribution is 4.89. The van der Waals surface area contributed by atoms with Gasteiger partial charge in [0.05, 0.1) is 12.2 Å². The first-order valence-electron chi connectivity index (χ1n) is 7.88. The smallest absolute Gasteiger partial charge is 0.0806 e. The highest BCUT2D eigenvalue weighted by atomic mass is 16.5. The van der Waals surface area contributed by atoms with Crippen LogP contribution in [0.2, 0.25) is 0 Å². The number of nitrogens with one attached hydrogen (secondary N) is 1. The molecule has 0 bridgehead atoms. The van der Waals surface area contributed by atoms with E-state index in [0.717, 1.165) is 19.1 Å². The largest absolute Gasteiger partial charge is 0.373 e. The first kappa shape index (κ1) is 14.3. The summed E-state index contributed by atoms with van der Waals surface area (Å²) in [5.74, 6) is 0.875. The van der Waals surface area contributed by atoms with Crippen LogP contribution in [-0.4, -0.2) is 24.3 Å². The molecule has 0 unspecified atom stereocenters. The Morgan fingerprint density at radius 2 is 1.67 bits per heavy atom. The van der Waals surface area contributed by atoms with Gasteiger partial charge in [0.2, 0.25) is 0 Å². The highest BCUT2D eigenvalue weighted by Gasteiger charge is 2.35. The maximum absolute atomic E-state index is 6.41. The third-order valence-corrected chi connectivity index (χ3v) is 4.28. The van der Waals surface area contributed by atoms with Crippen molar-refractivity contribution in [3.63, 3.8) is 0 Å². The van der Waals surface area contributed by atoms with Crippen LogP contribution in [0.15, 0.2) is 0 Å². The van der Waals surface area contributed by atoms with Gasteiger partial charge in [0.1, 0.15) is 0 Å². The van der Waals surface area contributed by atoms with E-state index in [0.29, 0.717) is 0 Å². The minimum absolute atomic E-state index is 0.131.